The van der Waals surface area contributed by atoms with Crippen molar-refractivity contribution in [3.8, 4) is 0 Å². The van der Waals surface area contributed by atoms with Gasteiger partial charge in [-0.05, 0) is 66.5 Å². The number of esters is 1. The number of ketones is 1. The molecule has 0 aromatic carbocycles. The molecule has 1 amide bonds. The van der Waals surface area contributed by atoms with E-state index in [1.807, 2.05) is 46.7 Å². The molecule has 3 aliphatic rings. The molecule has 46 heavy (non-hydrogen) atoms. The number of hydrazone groups is 1. The van der Waals surface area contributed by atoms with E-state index in [2.05, 4.69) is 11.8 Å². The summed E-state index contributed by atoms with van der Waals surface area (Å²) in [6.45, 7) is 19.3. The summed E-state index contributed by atoms with van der Waals surface area (Å²) in [5, 5.41) is 28.2. The lowest BCUT2D eigenvalue weighted by Gasteiger charge is -2.48. The molecule has 0 bridgehead atoms. The molecule has 3 rings (SSSR count). The van der Waals surface area contributed by atoms with Gasteiger partial charge in [0.15, 0.2) is 17.7 Å². The number of aliphatic hydroxyl groups excluding tert-OH is 2. The molecule has 13 nitrogen and oxygen atoms in total. The highest BCUT2D eigenvalue weighted by molar-refractivity contribution is 6.00. The first-order valence-electron chi connectivity index (χ1n) is 16.4. The standard InChI is InChI=1S/C33H57N3O10/c1-16(2)27-33(9)26(36(34-10)31(41)46-33)19(5)23(37)17(3)15-32(8,42-13)28(20(6)24(38)21(7)29(40)44-27)45-30-25(39)22(35(11)12)14-18(4)43-30/h16-23,25-28,30,37,39H,10,14-15H2,1-9,11-13H3/t17-,18-,19-,20+,21-,22+,23?,25-,26-,27-,28-,30+,32+,33+/m1/s1. The Labute approximate surface area is 273 Å². The van der Waals surface area contributed by atoms with Gasteiger partial charge in [0.1, 0.15) is 24.2 Å². The van der Waals surface area contributed by atoms with Crippen LogP contribution in [0.3, 0.4) is 0 Å². The number of aliphatic hydroxyl groups is 2. The van der Waals surface area contributed by atoms with Crippen LogP contribution in [0.15, 0.2) is 5.10 Å². The van der Waals surface area contributed by atoms with E-state index in [0.29, 0.717) is 6.42 Å². The van der Waals surface area contributed by atoms with Crippen molar-refractivity contribution in [1.82, 2.24) is 9.91 Å². The number of ether oxygens (including phenoxy) is 5. The van der Waals surface area contributed by atoms with E-state index in [9.17, 15) is 24.6 Å². The van der Waals surface area contributed by atoms with Crippen molar-refractivity contribution in [3.05, 3.63) is 0 Å². The number of carbonyl (C=O) groups is 3. The van der Waals surface area contributed by atoms with E-state index >= 15 is 0 Å². The predicted octanol–water partition coefficient (Wildman–Crippen LogP) is 2.84. The highest BCUT2D eigenvalue weighted by atomic mass is 16.7. The van der Waals surface area contributed by atoms with Gasteiger partial charge in [-0.1, -0.05) is 34.6 Å². The number of hydrogen-bond donors (Lipinski definition) is 2. The van der Waals surface area contributed by atoms with Gasteiger partial charge < -0.3 is 38.8 Å². The topological polar surface area (TPSA) is 157 Å². The van der Waals surface area contributed by atoms with Crippen LogP contribution in [0.5, 0.6) is 0 Å². The molecule has 0 aliphatic carbocycles. The van der Waals surface area contributed by atoms with Gasteiger partial charge in [-0.2, -0.15) is 10.1 Å². The van der Waals surface area contributed by atoms with Crippen LogP contribution in [-0.4, -0.2) is 126 Å². The lowest BCUT2D eigenvalue weighted by atomic mass is 9.72. The number of amides is 1. The second kappa shape index (κ2) is 14.5. The molecule has 0 spiro atoms. The summed E-state index contributed by atoms with van der Waals surface area (Å²) >= 11 is 0. The normalized spacial score (nSPS) is 44.9. The third kappa shape index (κ3) is 7.14. The van der Waals surface area contributed by atoms with Crippen LogP contribution in [0, 0.1) is 29.6 Å². The van der Waals surface area contributed by atoms with Gasteiger partial charge in [-0.15, -0.1) is 0 Å². The highest BCUT2D eigenvalue weighted by Crippen LogP contribution is 2.44. The monoisotopic (exact) mass is 655 g/mol. The van der Waals surface area contributed by atoms with E-state index in [4.69, 9.17) is 23.7 Å². The zero-order valence-corrected chi connectivity index (χ0v) is 29.6. The maximum atomic E-state index is 14.1. The maximum Gasteiger partial charge on any atom is 0.431 e. The lowest BCUT2D eigenvalue weighted by molar-refractivity contribution is -0.296. The molecule has 1 unspecified atom stereocenters. The molecule has 264 valence electrons. The largest absolute Gasteiger partial charge is 0.457 e. The van der Waals surface area contributed by atoms with Crippen LogP contribution < -0.4 is 0 Å². The van der Waals surface area contributed by atoms with Gasteiger partial charge in [0.2, 0.25) is 0 Å². The fourth-order valence-corrected chi connectivity index (χ4v) is 7.94. The molecule has 0 radical (unpaired) electrons. The first-order chi connectivity index (χ1) is 21.2. The fourth-order valence-electron chi connectivity index (χ4n) is 7.94. The van der Waals surface area contributed by atoms with Crippen molar-refractivity contribution in [2.75, 3.05) is 21.2 Å². The number of fused-ring (bicyclic) bond motifs is 1. The number of nitrogens with zero attached hydrogens (tertiary/aromatic N) is 3. The van der Waals surface area contributed by atoms with Crippen LogP contribution in [0.2, 0.25) is 0 Å². The van der Waals surface area contributed by atoms with E-state index in [1.54, 1.807) is 27.7 Å². The third-order valence-corrected chi connectivity index (χ3v) is 10.6. The minimum Gasteiger partial charge on any atom is -0.457 e. The van der Waals surface area contributed by atoms with Crippen molar-refractivity contribution in [2.45, 2.75) is 135 Å². The lowest BCUT2D eigenvalue weighted by Crippen LogP contribution is -2.61. The summed E-state index contributed by atoms with van der Waals surface area (Å²) in [4.78, 5) is 42.8. The first-order valence-corrected chi connectivity index (χ1v) is 16.4. The molecular weight excluding hydrogens is 598 g/mol. The van der Waals surface area contributed by atoms with E-state index in [0.717, 1.165) is 5.01 Å². The second-order valence-corrected chi connectivity index (χ2v) is 14.7. The molecule has 3 fully saturated rings. The van der Waals surface area contributed by atoms with E-state index in [-0.39, 0.29) is 24.5 Å². The smallest absolute Gasteiger partial charge is 0.431 e. The van der Waals surface area contributed by atoms with E-state index < -0.39 is 89.5 Å². The Bertz CT molecular complexity index is 1120. The van der Waals surface area contributed by atoms with Crippen LogP contribution in [0.4, 0.5) is 4.79 Å². The van der Waals surface area contributed by atoms with Crippen LogP contribution in [-0.2, 0) is 33.3 Å². The Morgan fingerprint density at radius 1 is 1.07 bits per heavy atom. The average molecular weight is 656 g/mol. The van der Waals surface area contributed by atoms with Crippen molar-refractivity contribution < 1.29 is 48.3 Å². The number of likely N-dealkylation sites (N-methyl/N-ethyl adjacent to an activating group) is 1. The molecule has 2 N–H and O–H groups in total. The SMILES string of the molecule is C=NN1C(=O)O[C@]2(C)[C@@H](C(C)C)OC(=O)[C@H](C)C(=O)[C@H](C)[C@@H](O[C@@H]3O[C@H](C)C[C@H](N(C)C)[C@H]3O)[C@@](C)(OC)C[C@@H](C)C(O)[C@@H](C)[C@@H]12. The summed E-state index contributed by atoms with van der Waals surface area (Å²) < 4.78 is 30.7. The second-order valence-electron chi connectivity index (χ2n) is 14.7. The molecular formula is C33H57N3O10. The number of cyclic esters (lactones) is 1. The highest BCUT2D eigenvalue weighted by Gasteiger charge is 2.62. The molecule has 3 saturated heterocycles. The number of Topliss-reactive ketones (excluding diaryl/α,β-unsaturated/α-hetero) is 1. The molecule has 13 heteroatoms. The third-order valence-electron chi connectivity index (χ3n) is 10.6. The van der Waals surface area contributed by atoms with Crippen molar-refractivity contribution in [2.24, 2.45) is 34.7 Å². The predicted molar refractivity (Wildman–Crippen MR) is 170 cm³/mol. The minimum absolute atomic E-state index is 0.207. The molecule has 0 aromatic heterocycles. The first kappa shape index (κ1) is 38.3. The molecule has 3 aliphatic heterocycles. The summed E-state index contributed by atoms with van der Waals surface area (Å²) in [5.41, 5.74) is -2.63. The van der Waals surface area contributed by atoms with Crippen molar-refractivity contribution in [1.29, 1.82) is 0 Å². The molecule has 0 aromatic rings. The van der Waals surface area contributed by atoms with Gasteiger partial charge in [-0.3, -0.25) is 9.59 Å². The zero-order valence-electron chi connectivity index (χ0n) is 29.6. The molecule has 3 heterocycles. The number of methoxy groups -OCH3 is 1. The average Bonchev–Trinajstić information content (AvgIpc) is 3.26. The minimum atomic E-state index is -1.43. The zero-order chi connectivity index (χ0) is 35.0. The van der Waals surface area contributed by atoms with Gasteiger partial charge in [0, 0.05) is 31.7 Å². The number of carbonyl (C=O) groups excluding carboxylic acids is 3. The summed E-state index contributed by atoms with van der Waals surface area (Å²) in [6.07, 6.45) is -5.37. The number of hydrogen-bond acceptors (Lipinski definition) is 12. The Hall–Kier alpha value is -2.16. The van der Waals surface area contributed by atoms with Crippen LogP contribution in [0.25, 0.3) is 0 Å². The molecule has 0 saturated carbocycles. The Morgan fingerprint density at radius 2 is 1.67 bits per heavy atom. The van der Waals surface area contributed by atoms with Crippen molar-refractivity contribution in [3.63, 3.8) is 0 Å². The Balaban J connectivity index is 2.15. The quantitative estimate of drug-likeness (QED) is 0.246. The van der Waals surface area contributed by atoms with Gasteiger partial charge in [-0.25, -0.2) is 4.79 Å². The summed E-state index contributed by atoms with van der Waals surface area (Å²) in [7, 11) is 5.24. The Morgan fingerprint density at radius 3 is 2.20 bits per heavy atom. The summed E-state index contributed by atoms with van der Waals surface area (Å²) in [6, 6.07) is -1.12. The fraction of sp³-hybridized carbons (Fsp3) is 0.879. The Kier molecular flexibility index (Phi) is 12.1. The van der Waals surface area contributed by atoms with Gasteiger partial charge in [0.05, 0.1) is 23.9 Å². The van der Waals surface area contributed by atoms with Crippen LogP contribution in [0.1, 0.15) is 75.2 Å². The van der Waals surface area contributed by atoms with Gasteiger partial charge in [0.25, 0.3) is 0 Å². The van der Waals surface area contributed by atoms with E-state index in [1.165, 1.54) is 14.0 Å². The van der Waals surface area contributed by atoms with Crippen molar-refractivity contribution >= 4 is 24.6 Å². The van der Waals surface area contributed by atoms with Crippen LogP contribution >= 0.6 is 0 Å². The maximum absolute atomic E-state index is 14.1. The number of rotatable bonds is 6. The molecule has 14 atom stereocenters. The van der Waals surface area contributed by atoms with Gasteiger partial charge >= 0.3 is 12.1 Å². The summed E-state index contributed by atoms with van der Waals surface area (Å²) in [5.74, 6) is -4.83.